The molecule has 1 aliphatic heterocycles. The fourth-order valence-electron chi connectivity index (χ4n) is 0.139. The normalized spacial score (nSPS) is 19.2. The molecule has 3 heteroatoms. The van der Waals surface area contributed by atoms with Crippen LogP contribution in [-0.4, -0.2) is 21.2 Å². The molecule has 2 nitrogen and oxygen atoms in total. The van der Waals surface area contributed by atoms with E-state index in [0.29, 0.717) is 0 Å². The van der Waals surface area contributed by atoms with E-state index in [1.54, 1.807) is 6.26 Å². The minimum atomic E-state index is -0.0483. The van der Waals surface area contributed by atoms with Crippen LogP contribution >= 0.6 is 0 Å². The van der Waals surface area contributed by atoms with Gasteiger partial charge in [-0.05, 0) is 0 Å². The second-order valence-electron chi connectivity index (χ2n) is 0.591. The molecule has 1 N–H and O–H groups in total. The first-order valence-electron chi connectivity index (χ1n) is 1.21. The van der Waals surface area contributed by atoms with Crippen molar-refractivity contribution in [1.82, 2.24) is 3.73 Å². The zero-order valence-electron chi connectivity index (χ0n) is 2.47. The average Bonchev–Trinajstić information content (AvgIpc) is 1.76. The first-order valence-corrected chi connectivity index (χ1v) is 3.72. The summed E-state index contributed by atoms with van der Waals surface area (Å²) in [5.74, 6) is 0. The van der Waals surface area contributed by atoms with Gasteiger partial charge in [0.2, 0.25) is 0 Å². The summed E-state index contributed by atoms with van der Waals surface area (Å²) in [4.78, 5) is 4.57. The summed E-state index contributed by atoms with van der Waals surface area (Å²) in [7, 11) is 0. The zero-order valence-corrected chi connectivity index (χ0v) is 4.80. The Morgan fingerprint density at radius 1 is 1.80 bits per heavy atom. The molecule has 0 radical (unpaired) electrons. The zero-order chi connectivity index (χ0) is 3.54. The van der Waals surface area contributed by atoms with Crippen molar-refractivity contribution in [3.8, 4) is 0 Å². The van der Waals surface area contributed by atoms with E-state index >= 15 is 0 Å². The fourth-order valence-corrected chi connectivity index (χ4v) is 0.932. The molecule has 0 bridgehead atoms. The van der Waals surface area contributed by atoms with Crippen LogP contribution in [0.5, 0.6) is 0 Å². The Morgan fingerprint density at radius 2 is 2.80 bits per heavy atom. The van der Waals surface area contributed by atoms with Crippen molar-refractivity contribution in [2.24, 2.45) is 0 Å². The Hall–Kier alpha value is 0.290. The summed E-state index contributed by atoms with van der Waals surface area (Å²) in [5, 5.41) is 0. The molecule has 0 amide bonds. The van der Waals surface area contributed by atoms with E-state index in [9.17, 15) is 0 Å². The van der Waals surface area contributed by atoms with Gasteiger partial charge in [-0.1, -0.05) is 0 Å². The Bertz CT molecular complexity index is 47.6. The molecule has 0 aliphatic carbocycles. The van der Waals surface area contributed by atoms with E-state index in [-0.39, 0.29) is 21.2 Å². The maximum absolute atomic E-state index is 4.57. The Kier molecular flexibility index (Phi) is 1.15. The van der Waals surface area contributed by atoms with Gasteiger partial charge in [0.05, 0.1) is 0 Å². The molecule has 1 heterocycles. The molecule has 0 spiro atoms. The van der Waals surface area contributed by atoms with E-state index in [2.05, 4.69) is 8.57 Å². The topological polar surface area (TPSA) is 21.3 Å². The number of rotatable bonds is 0. The van der Waals surface area contributed by atoms with E-state index < -0.39 is 0 Å². The van der Waals surface area contributed by atoms with E-state index in [1.807, 2.05) is 4.12 Å². The molecule has 1 rings (SSSR count). The van der Waals surface area contributed by atoms with Gasteiger partial charge in [-0.2, -0.15) is 0 Å². The monoisotopic (exact) mass is 187 g/mol. The van der Waals surface area contributed by atoms with Crippen molar-refractivity contribution in [1.29, 1.82) is 0 Å². The Balaban J connectivity index is 2.32. The quantitative estimate of drug-likeness (QED) is 0.518. The molecule has 0 saturated heterocycles. The van der Waals surface area contributed by atoms with Gasteiger partial charge >= 0.3 is 40.1 Å². The summed E-state index contributed by atoms with van der Waals surface area (Å²) >= 11 is -0.0483. The molecule has 0 aromatic carbocycles. The van der Waals surface area contributed by atoms with Gasteiger partial charge in [-0.15, -0.1) is 0 Å². The van der Waals surface area contributed by atoms with Crippen LogP contribution in [0.3, 0.4) is 0 Å². The van der Waals surface area contributed by atoms with Crippen LogP contribution in [0.1, 0.15) is 0 Å². The summed E-state index contributed by atoms with van der Waals surface area (Å²) < 4.78 is 4.77. The van der Waals surface area contributed by atoms with E-state index in [4.69, 9.17) is 0 Å². The van der Waals surface area contributed by atoms with Gasteiger partial charge in [-0.3, -0.25) is 0 Å². The van der Waals surface area contributed by atoms with Crippen LogP contribution in [0.2, 0.25) is 0 Å². The SMILES string of the molecule is C1=C[Te]NO1. The summed E-state index contributed by atoms with van der Waals surface area (Å²) in [6.45, 7) is 0. The summed E-state index contributed by atoms with van der Waals surface area (Å²) in [6.07, 6.45) is 1.68. The van der Waals surface area contributed by atoms with Crippen molar-refractivity contribution in [3.63, 3.8) is 0 Å². The van der Waals surface area contributed by atoms with Gasteiger partial charge in [0.15, 0.2) is 0 Å². The average molecular weight is 185 g/mol. The number of nitrogens with one attached hydrogen (secondary N) is 1. The van der Waals surface area contributed by atoms with Crippen molar-refractivity contribution in [2.45, 2.75) is 0 Å². The molecular formula is C2H3NOTe. The van der Waals surface area contributed by atoms with Crippen LogP contribution in [-0.2, 0) is 4.84 Å². The number of hydrogen-bond acceptors (Lipinski definition) is 2. The second-order valence-corrected chi connectivity index (χ2v) is 2.52. The van der Waals surface area contributed by atoms with Gasteiger partial charge < -0.3 is 0 Å². The van der Waals surface area contributed by atoms with Gasteiger partial charge in [0.25, 0.3) is 0 Å². The predicted octanol–water partition coefficient (Wildman–Crippen LogP) is -0.388. The Morgan fingerprint density at radius 3 is 3.00 bits per heavy atom. The minimum absolute atomic E-state index is 0.0483. The van der Waals surface area contributed by atoms with Crippen LogP contribution in [0.25, 0.3) is 0 Å². The molecule has 0 aromatic heterocycles. The summed E-state index contributed by atoms with van der Waals surface area (Å²) in [6, 6.07) is 0. The molecule has 0 unspecified atom stereocenters. The van der Waals surface area contributed by atoms with Gasteiger partial charge in [0.1, 0.15) is 0 Å². The van der Waals surface area contributed by atoms with Crippen molar-refractivity contribution in [2.75, 3.05) is 0 Å². The van der Waals surface area contributed by atoms with Crippen LogP contribution in [0, 0.1) is 0 Å². The molecule has 0 saturated carbocycles. The molecular weight excluding hydrogens is 182 g/mol. The first-order chi connectivity index (χ1) is 2.50. The van der Waals surface area contributed by atoms with Crippen LogP contribution < -0.4 is 3.73 Å². The van der Waals surface area contributed by atoms with Crippen molar-refractivity contribution < 1.29 is 4.84 Å². The van der Waals surface area contributed by atoms with Gasteiger partial charge in [-0.25, -0.2) is 0 Å². The second kappa shape index (κ2) is 1.66. The summed E-state index contributed by atoms with van der Waals surface area (Å²) in [5.41, 5.74) is 0. The molecule has 28 valence electrons. The van der Waals surface area contributed by atoms with Gasteiger partial charge in [0, 0.05) is 0 Å². The fraction of sp³-hybridized carbons (Fsp3) is 0. The molecule has 0 aromatic rings. The van der Waals surface area contributed by atoms with E-state index in [0.717, 1.165) is 0 Å². The third-order valence-corrected chi connectivity index (χ3v) is 1.54. The molecule has 1 aliphatic rings. The molecule has 5 heavy (non-hydrogen) atoms. The van der Waals surface area contributed by atoms with Crippen LogP contribution in [0.4, 0.5) is 0 Å². The predicted molar refractivity (Wildman–Crippen MR) is 19.1 cm³/mol. The third-order valence-electron chi connectivity index (χ3n) is 0.288. The third kappa shape index (κ3) is 0.804. The molecule has 0 atom stereocenters. The van der Waals surface area contributed by atoms with E-state index in [1.165, 1.54) is 0 Å². The van der Waals surface area contributed by atoms with Crippen molar-refractivity contribution >= 4 is 21.2 Å². The molecule has 0 fully saturated rings. The Labute approximate surface area is 40.6 Å². The first kappa shape index (κ1) is 3.48. The number of hydrogen-bond donors (Lipinski definition) is 1. The van der Waals surface area contributed by atoms with Crippen molar-refractivity contribution in [3.05, 3.63) is 10.4 Å². The van der Waals surface area contributed by atoms with Crippen LogP contribution in [0.15, 0.2) is 10.4 Å². The maximum atomic E-state index is 4.57. The standard InChI is InChI=1S/C2H3NOTe/c1-2-5-3-4-1/h1-3H.